The number of carbonyl (C=O) groups is 8. The monoisotopic (exact) mass is 1890 g/mol. The Morgan fingerprint density at radius 2 is 0.734 bits per heavy atom. The van der Waals surface area contributed by atoms with E-state index in [1.54, 1.807) is 9.80 Å². The van der Waals surface area contributed by atoms with Gasteiger partial charge < -0.3 is 61.4 Å². The molecule has 0 radical (unpaired) electrons. The molecular formula is C118H157N9O12. The van der Waals surface area contributed by atoms with Crippen molar-refractivity contribution in [1.29, 1.82) is 0 Å². The number of hydrogen-bond donors (Lipinski definition) is 7. The molecule has 746 valence electrons. The first-order valence-electron chi connectivity index (χ1n) is 50.0. The number of morpholine rings is 1. The van der Waals surface area contributed by atoms with E-state index >= 15 is 0 Å². The number of anilines is 9. The van der Waals surface area contributed by atoms with Crippen molar-refractivity contribution >= 4 is 98.6 Å². The van der Waals surface area contributed by atoms with Crippen LogP contribution in [-0.2, 0) is 54.4 Å². The van der Waals surface area contributed by atoms with Crippen LogP contribution in [0.2, 0.25) is 0 Å². The molecule has 0 bridgehead atoms. The zero-order valence-electron chi connectivity index (χ0n) is 86.0. The van der Waals surface area contributed by atoms with E-state index < -0.39 is 6.61 Å². The molecule has 139 heavy (non-hydrogen) atoms. The molecular weight excluding hydrogens is 1740 g/mol. The number of cyclic esters (lactones) is 1. The van der Waals surface area contributed by atoms with E-state index in [-0.39, 0.29) is 66.6 Å². The number of hydrogen-bond acceptors (Lipinski definition) is 13. The first-order chi connectivity index (χ1) is 66.5. The highest BCUT2D eigenvalue weighted by Crippen LogP contribution is 2.34. The van der Waals surface area contributed by atoms with Crippen LogP contribution in [-0.4, -0.2) is 105 Å². The Bertz CT molecular complexity index is 5170. The molecule has 5 aliphatic rings. The van der Waals surface area contributed by atoms with Crippen LogP contribution in [0.3, 0.4) is 0 Å². The predicted octanol–water partition coefficient (Wildman–Crippen LogP) is 27.0. The average molecular weight is 1890 g/mol. The predicted molar refractivity (Wildman–Crippen MR) is 573 cm³/mol. The van der Waals surface area contributed by atoms with E-state index in [9.17, 15) is 38.4 Å². The van der Waals surface area contributed by atoms with Crippen molar-refractivity contribution in [2.75, 3.05) is 99.7 Å². The normalized spacial score (nSPS) is 13.8. The molecule has 0 atom stereocenters. The van der Waals surface area contributed by atoms with Crippen LogP contribution >= 0.6 is 0 Å². The Balaban J connectivity index is 0.000000214. The Hall–Kier alpha value is -12.6. The van der Waals surface area contributed by atoms with Gasteiger partial charge in [-0.25, -0.2) is 4.79 Å². The number of aliphatic hydroxyl groups excluding tert-OH is 1. The molecule has 8 N–H and O–H groups in total. The fraction of sp³-hybridized carbons (Fsp3) is 0.424. The molecule has 21 heteroatoms. The molecule has 2 saturated carbocycles. The molecule has 15 rings (SSSR count). The lowest BCUT2D eigenvalue weighted by Crippen LogP contribution is -2.41. The van der Waals surface area contributed by atoms with Gasteiger partial charge in [0, 0.05) is 89.5 Å². The van der Waals surface area contributed by atoms with E-state index in [1.807, 2.05) is 170 Å². The fourth-order valence-electron chi connectivity index (χ4n) is 15.0. The number of nitrogen functional groups attached to an aromatic ring is 1. The molecule has 0 aromatic heterocycles. The number of nitrogens with two attached hydrogens (primary N) is 1. The van der Waals surface area contributed by atoms with Crippen LogP contribution in [0.25, 0.3) is 0 Å². The second kappa shape index (κ2) is 60.3. The summed E-state index contributed by atoms with van der Waals surface area (Å²) in [5.41, 5.74) is 26.3. The number of amides is 8. The summed E-state index contributed by atoms with van der Waals surface area (Å²) in [4.78, 5) is 97.1. The van der Waals surface area contributed by atoms with Crippen molar-refractivity contribution in [3.8, 4) is 0 Å². The first kappa shape index (κ1) is 113. The first-order valence-corrected chi connectivity index (χ1v) is 50.0. The highest BCUT2D eigenvalue weighted by molar-refractivity contribution is 5.97. The maximum Gasteiger partial charge on any atom is 0.414 e. The largest absolute Gasteiger partial charge is 0.447 e. The lowest BCUT2D eigenvalue weighted by Gasteiger charge is -2.27. The smallest absolute Gasteiger partial charge is 0.414 e. The maximum atomic E-state index is 12.1. The van der Waals surface area contributed by atoms with Gasteiger partial charge in [-0.2, -0.15) is 0 Å². The van der Waals surface area contributed by atoms with Crippen LogP contribution in [0, 0.1) is 11.8 Å². The molecule has 3 aliphatic heterocycles. The van der Waals surface area contributed by atoms with E-state index in [0.717, 1.165) is 76.9 Å². The van der Waals surface area contributed by atoms with Crippen molar-refractivity contribution in [2.24, 2.45) is 11.8 Å². The molecule has 3 heterocycles. The zero-order valence-corrected chi connectivity index (χ0v) is 86.0. The van der Waals surface area contributed by atoms with Gasteiger partial charge in [0.15, 0.2) is 0 Å². The van der Waals surface area contributed by atoms with Gasteiger partial charge >= 0.3 is 6.09 Å². The Kier molecular flexibility index (Phi) is 49.2. The molecule has 2 aliphatic carbocycles. The van der Waals surface area contributed by atoms with Crippen molar-refractivity contribution < 1.29 is 57.7 Å². The lowest BCUT2D eigenvalue weighted by atomic mass is 9.88. The average Bonchev–Trinajstić information content (AvgIpc) is 1.32. The van der Waals surface area contributed by atoms with E-state index in [0.29, 0.717) is 117 Å². The third-order valence-electron chi connectivity index (χ3n) is 24.3. The summed E-state index contributed by atoms with van der Waals surface area (Å²) in [6.07, 6.45) is 10.9. The number of ether oxygens (including phenoxy) is 3. The minimum Gasteiger partial charge on any atom is -0.447 e. The number of benzene rings is 10. The molecule has 5 fully saturated rings. The standard InChI is InChI=1S/C18H21NO2.C16H23NO.C14H19NO.C13H17NO2.C13H17NO.C12H15NO2.C12H17NO.C11H15NO2.C9H13N/c1-14(2)16-8-10-17(11-9-16)19-18(20)13-21-12-15-6-4-3-5-7-15;1-12(2)13-8-10-15(11-9-13)17-16(18)14-6-4-3-5-7-14;1-10(2)12-5-7-13(8-6-12)15-14(16)9-11-3-4-11;1-10(2)11-3-5-12(6-4-11)14-7-8-16-9-13(14)15;1-10(2)11-5-7-12(8-6-11)14-9-3-4-13(14)15;1-9(2)10-3-5-11(6-4-10)13-7-8-15-12(13)14;1-4-12(14)13-11-7-5-10(6-8-11)9(2)3;1-8(2)9-3-5-10(6-4-9)12-11(14)7-13;1-7(2)8-4-3-5-9(10)6-8/h3-11,14H,12-13H2,1-2H3,(H,19,20);8-12,14H,3-7H2,1-2H3,(H,17,18);5-8,10-11H,3-4,9H2,1-2H3,(H,15,16);3-6,10H,7-9H2,1-2H3;5-8,10H,3-4,9H2,1-2H3;3-6,9H,7-8H2,1-2H3;5-9H,4H2,1-3H3,(H,13,14);3-6,8,13H,7H2,1-2H3,(H,12,14);3-7H,10H2,1-2H3. The van der Waals surface area contributed by atoms with Crippen LogP contribution in [0.5, 0.6) is 0 Å². The molecule has 21 nitrogen and oxygen atoms in total. The van der Waals surface area contributed by atoms with Crippen molar-refractivity contribution in [2.45, 2.75) is 262 Å². The second-order valence-corrected chi connectivity index (χ2v) is 38.6. The number of rotatable bonds is 26. The molecule has 10 aromatic rings. The number of carbonyl (C=O) groups excluding carboxylic acids is 8. The molecule has 10 aromatic carbocycles. The maximum absolute atomic E-state index is 12.1. The van der Waals surface area contributed by atoms with Gasteiger partial charge in [0.25, 0.3) is 5.91 Å². The van der Waals surface area contributed by atoms with Gasteiger partial charge in [-0.3, -0.25) is 38.5 Å². The van der Waals surface area contributed by atoms with Crippen molar-refractivity contribution in [1.82, 2.24) is 0 Å². The summed E-state index contributed by atoms with van der Waals surface area (Å²) < 4.78 is 15.4. The number of nitrogens with zero attached hydrogens (tertiary/aromatic N) is 3. The Labute approximate surface area is 829 Å². The number of nitrogens with one attached hydrogen (secondary N) is 5. The van der Waals surface area contributed by atoms with E-state index in [2.05, 4.69) is 242 Å². The van der Waals surface area contributed by atoms with Gasteiger partial charge in [0.1, 0.15) is 26.4 Å². The summed E-state index contributed by atoms with van der Waals surface area (Å²) in [7, 11) is 0. The topological polar surface area (TPSA) is 280 Å². The highest BCUT2D eigenvalue weighted by atomic mass is 16.6. The van der Waals surface area contributed by atoms with Gasteiger partial charge in [-0.15, -0.1) is 0 Å². The van der Waals surface area contributed by atoms with Crippen LogP contribution in [0.4, 0.5) is 56.0 Å². The van der Waals surface area contributed by atoms with Gasteiger partial charge in [0.05, 0.1) is 19.8 Å². The molecule has 3 saturated heterocycles. The third-order valence-corrected chi connectivity index (χ3v) is 24.3. The minimum atomic E-state index is -0.480. The lowest BCUT2D eigenvalue weighted by molar-refractivity contribution is -0.126. The molecule has 8 amide bonds. The summed E-state index contributed by atoms with van der Waals surface area (Å²) in [5, 5.41) is 22.7. The van der Waals surface area contributed by atoms with E-state index in [4.69, 9.17) is 25.1 Å². The fourth-order valence-corrected chi connectivity index (χ4v) is 15.0. The molecule has 0 unspecified atom stereocenters. The van der Waals surface area contributed by atoms with Crippen molar-refractivity contribution in [3.63, 3.8) is 0 Å². The summed E-state index contributed by atoms with van der Waals surface area (Å²) >= 11 is 0. The second-order valence-electron chi connectivity index (χ2n) is 38.6. The summed E-state index contributed by atoms with van der Waals surface area (Å²) in [6, 6.07) is 82.3. The minimum absolute atomic E-state index is 0.0450. The van der Waals surface area contributed by atoms with Gasteiger partial charge in [-0.05, 0) is 256 Å². The summed E-state index contributed by atoms with van der Waals surface area (Å²) in [5.74, 6) is 5.81. The Morgan fingerprint density at radius 1 is 0.374 bits per heavy atom. The molecule has 0 spiro atoms. The van der Waals surface area contributed by atoms with Gasteiger partial charge in [-0.1, -0.05) is 290 Å². The van der Waals surface area contributed by atoms with E-state index in [1.165, 1.54) is 82.2 Å². The Morgan fingerprint density at radius 3 is 1.07 bits per heavy atom. The van der Waals surface area contributed by atoms with Crippen LogP contribution in [0.1, 0.15) is 311 Å². The highest BCUT2D eigenvalue weighted by Gasteiger charge is 2.27. The quantitative estimate of drug-likeness (QED) is 0.0249. The third kappa shape index (κ3) is 42.0. The number of aliphatic hydroxyl groups is 1. The van der Waals surface area contributed by atoms with Crippen LogP contribution < -0.4 is 47.0 Å². The zero-order chi connectivity index (χ0) is 101. The van der Waals surface area contributed by atoms with Gasteiger partial charge in [0.2, 0.25) is 35.4 Å². The SMILES string of the molecule is CC(C)c1ccc(N2CCCC2=O)cc1.CC(C)c1ccc(N2CCOC2=O)cc1.CC(C)c1ccc(N2CCOCC2=O)cc1.CC(C)c1ccc(NC(=O)C2CCCCC2)cc1.CC(C)c1ccc(NC(=O)CC2CC2)cc1.CC(C)c1ccc(NC(=O)CO)cc1.CC(C)c1ccc(NC(=O)COCc2ccccc2)cc1.CC(C)c1cccc(N)c1.CCC(=O)Nc1ccc(C(C)C)cc1. The van der Waals surface area contributed by atoms with Crippen LogP contribution in [0.15, 0.2) is 249 Å². The summed E-state index contributed by atoms with van der Waals surface area (Å²) in [6.45, 7) is 44.2. The van der Waals surface area contributed by atoms with Crippen molar-refractivity contribution in [3.05, 3.63) is 304 Å².